The smallest absolute Gasteiger partial charge is 0.227 e. The van der Waals surface area contributed by atoms with Crippen LogP contribution in [0.3, 0.4) is 0 Å². The third kappa shape index (κ3) is 3.84. The Morgan fingerprint density at radius 1 is 1.38 bits per heavy atom. The summed E-state index contributed by atoms with van der Waals surface area (Å²) in [6.45, 7) is 9.81. The van der Waals surface area contributed by atoms with Crippen molar-refractivity contribution in [2.75, 3.05) is 13.1 Å². The van der Waals surface area contributed by atoms with Crippen LogP contribution in [0.25, 0.3) is 0 Å². The van der Waals surface area contributed by atoms with Gasteiger partial charge in [-0.15, -0.1) is 0 Å². The first-order valence-corrected chi connectivity index (χ1v) is 7.81. The number of hydrogen-bond donors (Lipinski definition) is 1. The number of nitrogens with one attached hydrogen (secondary N) is 1. The van der Waals surface area contributed by atoms with Gasteiger partial charge in [-0.25, -0.2) is 4.98 Å². The van der Waals surface area contributed by atoms with Crippen molar-refractivity contribution in [1.82, 2.24) is 19.8 Å². The topological polar surface area (TPSA) is 50.2 Å². The van der Waals surface area contributed by atoms with Gasteiger partial charge < -0.3 is 14.8 Å². The summed E-state index contributed by atoms with van der Waals surface area (Å²) in [5.74, 6) is 1.32. The molecular weight excluding hydrogens is 264 g/mol. The van der Waals surface area contributed by atoms with E-state index in [-0.39, 0.29) is 17.4 Å². The van der Waals surface area contributed by atoms with Crippen molar-refractivity contribution >= 4 is 5.91 Å². The van der Waals surface area contributed by atoms with E-state index in [0.29, 0.717) is 6.04 Å². The lowest BCUT2D eigenvalue weighted by molar-refractivity contribution is -0.140. The molecule has 1 aromatic rings. The van der Waals surface area contributed by atoms with E-state index in [1.165, 1.54) is 0 Å². The number of hydrogen-bond acceptors (Lipinski definition) is 3. The maximum absolute atomic E-state index is 12.3. The van der Waals surface area contributed by atoms with Crippen molar-refractivity contribution in [2.45, 2.75) is 52.6 Å². The number of piperidine rings is 1. The molecule has 1 aliphatic rings. The molecule has 1 N–H and O–H groups in total. The van der Waals surface area contributed by atoms with Gasteiger partial charge in [0.05, 0.1) is 6.04 Å². The minimum Gasteiger partial charge on any atom is -0.342 e. The molecule has 0 saturated carbocycles. The van der Waals surface area contributed by atoms with Gasteiger partial charge in [0.2, 0.25) is 5.91 Å². The predicted molar refractivity (Wildman–Crippen MR) is 83.8 cm³/mol. The SMILES string of the molecule is CC(NC1CCN(C(=O)C(C)(C)C)CC1)c1nccn1C. The number of carbonyl (C=O) groups is 1. The van der Waals surface area contributed by atoms with Crippen LogP contribution in [0.4, 0.5) is 0 Å². The molecule has 5 nitrogen and oxygen atoms in total. The summed E-state index contributed by atoms with van der Waals surface area (Å²) in [7, 11) is 2.02. The zero-order valence-electron chi connectivity index (χ0n) is 13.9. The second-order valence-electron chi connectivity index (χ2n) is 7.10. The zero-order chi connectivity index (χ0) is 15.6. The minimum absolute atomic E-state index is 0.236. The highest BCUT2D eigenvalue weighted by Crippen LogP contribution is 2.22. The lowest BCUT2D eigenvalue weighted by atomic mass is 9.93. The number of amides is 1. The molecule has 21 heavy (non-hydrogen) atoms. The fourth-order valence-corrected chi connectivity index (χ4v) is 2.95. The van der Waals surface area contributed by atoms with Crippen LogP contribution in [0, 0.1) is 5.41 Å². The van der Waals surface area contributed by atoms with Crippen molar-refractivity contribution in [2.24, 2.45) is 12.5 Å². The highest BCUT2D eigenvalue weighted by Gasteiger charge is 2.30. The fraction of sp³-hybridized carbons (Fsp3) is 0.750. The molecule has 0 spiro atoms. The lowest BCUT2D eigenvalue weighted by Gasteiger charge is -2.36. The number of likely N-dealkylation sites (tertiary alicyclic amines) is 1. The third-order valence-corrected chi connectivity index (χ3v) is 4.16. The molecule has 0 bridgehead atoms. The van der Waals surface area contributed by atoms with E-state index in [1.807, 2.05) is 45.1 Å². The third-order valence-electron chi connectivity index (χ3n) is 4.16. The molecule has 1 aliphatic heterocycles. The molecule has 1 aromatic heterocycles. The predicted octanol–water partition coefficient (Wildman–Crippen LogP) is 2.11. The average Bonchev–Trinajstić information content (AvgIpc) is 2.84. The molecule has 0 aliphatic carbocycles. The van der Waals surface area contributed by atoms with Gasteiger partial charge in [-0.1, -0.05) is 20.8 Å². The fourth-order valence-electron chi connectivity index (χ4n) is 2.95. The number of carbonyl (C=O) groups excluding carboxylic acids is 1. The Hall–Kier alpha value is -1.36. The Bertz CT molecular complexity index is 481. The monoisotopic (exact) mass is 292 g/mol. The quantitative estimate of drug-likeness (QED) is 0.928. The minimum atomic E-state index is -0.277. The summed E-state index contributed by atoms with van der Waals surface area (Å²) in [4.78, 5) is 18.7. The summed E-state index contributed by atoms with van der Waals surface area (Å²) in [5.41, 5.74) is -0.277. The Labute approximate surface area is 127 Å². The molecule has 0 radical (unpaired) electrons. The van der Waals surface area contributed by atoms with Crippen LogP contribution >= 0.6 is 0 Å². The molecule has 1 amide bonds. The first kappa shape index (κ1) is 16.0. The van der Waals surface area contributed by atoms with E-state index in [0.717, 1.165) is 31.8 Å². The van der Waals surface area contributed by atoms with Crippen LogP contribution in [0.2, 0.25) is 0 Å². The second kappa shape index (κ2) is 6.18. The molecule has 2 rings (SSSR count). The summed E-state index contributed by atoms with van der Waals surface area (Å²) >= 11 is 0. The lowest BCUT2D eigenvalue weighted by Crippen LogP contribution is -2.48. The number of nitrogens with zero attached hydrogens (tertiary/aromatic N) is 3. The number of imidazole rings is 1. The standard InChI is InChI=1S/C16H28N4O/c1-12(14-17-8-11-19(14)5)18-13-6-9-20(10-7-13)15(21)16(2,3)4/h8,11-13,18H,6-7,9-10H2,1-5H3. The molecule has 1 unspecified atom stereocenters. The maximum atomic E-state index is 12.3. The highest BCUT2D eigenvalue weighted by atomic mass is 16.2. The van der Waals surface area contributed by atoms with Gasteiger partial charge in [-0.05, 0) is 19.8 Å². The van der Waals surface area contributed by atoms with Crippen LogP contribution < -0.4 is 5.32 Å². The Morgan fingerprint density at radius 3 is 2.48 bits per heavy atom. The largest absolute Gasteiger partial charge is 0.342 e. The van der Waals surface area contributed by atoms with Crippen LogP contribution in [0.5, 0.6) is 0 Å². The second-order valence-corrected chi connectivity index (χ2v) is 7.10. The van der Waals surface area contributed by atoms with Crippen molar-refractivity contribution in [3.8, 4) is 0 Å². The Kier molecular flexibility index (Phi) is 4.71. The van der Waals surface area contributed by atoms with Crippen molar-refractivity contribution in [1.29, 1.82) is 0 Å². The van der Waals surface area contributed by atoms with E-state index in [4.69, 9.17) is 0 Å². The van der Waals surface area contributed by atoms with Crippen LogP contribution in [-0.2, 0) is 11.8 Å². The Morgan fingerprint density at radius 2 is 2.00 bits per heavy atom. The van der Waals surface area contributed by atoms with E-state index < -0.39 is 0 Å². The van der Waals surface area contributed by atoms with Gasteiger partial charge >= 0.3 is 0 Å². The van der Waals surface area contributed by atoms with E-state index in [1.54, 1.807) is 0 Å². The van der Waals surface area contributed by atoms with Gasteiger partial charge in [-0.2, -0.15) is 0 Å². The highest BCUT2D eigenvalue weighted by molar-refractivity contribution is 5.81. The van der Waals surface area contributed by atoms with Crippen molar-refractivity contribution in [3.05, 3.63) is 18.2 Å². The van der Waals surface area contributed by atoms with Gasteiger partial charge in [0.25, 0.3) is 0 Å². The van der Waals surface area contributed by atoms with E-state index >= 15 is 0 Å². The van der Waals surface area contributed by atoms with Crippen LogP contribution in [0.1, 0.15) is 52.4 Å². The van der Waals surface area contributed by atoms with Crippen LogP contribution in [0.15, 0.2) is 12.4 Å². The first-order chi connectivity index (χ1) is 9.79. The van der Waals surface area contributed by atoms with Gasteiger partial charge in [-0.3, -0.25) is 4.79 Å². The van der Waals surface area contributed by atoms with Gasteiger partial charge in [0.1, 0.15) is 5.82 Å². The molecule has 1 atom stereocenters. The molecule has 2 heterocycles. The average molecular weight is 292 g/mol. The molecule has 1 saturated heterocycles. The Balaban J connectivity index is 1.85. The van der Waals surface area contributed by atoms with Gasteiger partial charge in [0, 0.05) is 44.0 Å². The normalized spacial score (nSPS) is 18.8. The zero-order valence-corrected chi connectivity index (χ0v) is 13.9. The maximum Gasteiger partial charge on any atom is 0.227 e. The number of aryl methyl sites for hydroxylation is 1. The molecule has 1 fully saturated rings. The summed E-state index contributed by atoms with van der Waals surface area (Å²) < 4.78 is 2.05. The number of rotatable bonds is 3. The molecule has 0 aromatic carbocycles. The molecule has 5 heteroatoms. The first-order valence-electron chi connectivity index (χ1n) is 7.81. The molecular formula is C16H28N4O. The number of aromatic nitrogens is 2. The van der Waals surface area contributed by atoms with E-state index in [2.05, 4.69) is 21.8 Å². The van der Waals surface area contributed by atoms with Crippen LogP contribution in [-0.4, -0.2) is 39.5 Å². The summed E-state index contributed by atoms with van der Waals surface area (Å²) in [6, 6.07) is 0.695. The summed E-state index contributed by atoms with van der Waals surface area (Å²) in [6.07, 6.45) is 5.82. The van der Waals surface area contributed by atoms with Crippen molar-refractivity contribution < 1.29 is 4.79 Å². The molecule has 118 valence electrons. The summed E-state index contributed by atoms with van der Waals surface area (Å²) in [5, 5.41) is 3.64. The van der Waals surface area contributed by atoms with E-state index in [9.17, 15) is 4.79 Å². The van der Waals surface area contributed by atoms with Crippen molar-refractivity contribution in [3.63, 3.8) is 0 Å². The van der Waals surface area contributed by atoms with Gasteiger partial charge in [0.15, 0.2) is 0 Å².